The van der Waals surface area contributed by atoms with E-state index in [4.69, 9.17) is 16.3 Å². The summed E-state index contributed by atoms with van der Waals surface area (Å²) in [5.74, 6) is 0.719. The molecule has 1 aliphatic carbocycles. The van der Waals surface area contributed by atoms with Crippen molar-refractivity contribution in [3.63, 3.8) is 0 Å². The highest BCUT2D eigenvalue weighted by Crippen LogP contribution is 2.32. The van der Waals surface area contributed by atoms with Crippen molar-refractivity contribution in [2.75, 3.05) is 25.0 Å². The average Bonchev–Trinajstić information content (AvgIpc) is 3.56. The smallest absolute Gasteiger partial charge is 0.264 e. The van der Waals surface area contributed by atoms with Crippen LogP contribution in [0, 0.1) is 5.92 Å². The van der Waals surface area contributed by atoms with Gasteiger partial charge >= 0.3 is 0 Å². The van der Waals surface area contributed by atoms with Gasteiger partial charge in [-0.25, -0.2) is 8.42 Å². The van der Waals surface area contributed by atoms with Crippen LogP contribution in [0.4, 0.5) is 5.69 Å². The molecule has 3 rings (SSSR count). The summed E-state index contributed by atoms with van der Waals surface area (Å²) < 4.78 is 32.7. The van der Waals surface area contributed by atoms with E-state index in [9.17, 15) is 13.2 Å². The molecule has 0 radical (unpaired) electrons. The van der Waals surface area contributed by atoms with Crippen LogP contribution in [0.5, 0.6) is 5.75 Å². The second-order valence-corrected chi connectivity index (χ2v) is 10.3. The molecule has 2 aromatic rings. The predicted octanol–water partition coefficient (Wildman–Crippen LogP) is 4.43. The molecule has 162 valence electrons. The fourth-order valence-electron chi connectivity index (χ4n) is 3.25. The SMILES string of the molecule is COc1ccc(N(C)S(=O)(=O)c2ccc(Cl)c(C(=O)N(CC(C)C)C3CC3)c2)cc1. The Labute approximate surface area is 183 Å². The minimum absolute atomic E-state index is 0.0221. The third-order valence-corrected chi connectivity index (χ3v) is 7.18. The van der Waals surface area contributed by atoms with Gasteiger partial charge in [-0.2, -0.15) is 0 Å². The van der Waals surface area contributed by atoms with Crippen LogP contribution in [0.1, 0.15) is 37.0 Å². The zero-order chi connectivity index (χ0) is 22.1. The number of anilines is 1. The molecule has 0 unspecified atom stereocenters. The number of carbonyl (C=O) groups excluding carboxylic acids is 1. The first kappa shape index (κ1) is 22.4. The largest absolute Gasteiger partial charge is 0.497 e. The zero-order valence-electron chi connectivity index (χ0n) is 17.6. The molecule has 8 heteroatoms. The van der Waals surface area contributed by atoms with Crippen molar-refractivity contribution >= 4 is 33.2 Å². The van der Waals surface area contributed by atoms with E-state index in [0.29, 0.717) is 23.9 Å². The van der Waals surface area contributed by atoms with Crippen LogP contribution in [-0.2, 0) is 10.0 Å². The number of hydrogen-bond acceptors (Lipinski definition) is 4. The highest BCUT2D eigenvalue weighted by molar-refractivity contribution is 7.92. The minimum Gasteiger partial charge on any atom is -0.497 e. The average molecular weight is 451 g/mol. The third kappa shape index (κ3) is 4.73. The molecule has 0 bridgehead atoms. The lowest BCUT2D eigenvalue weighted by atomic mass is 10.1. The maximum atomic E-state index is 13.2. The van der Waals surface area contributed by atoms with Crippen LogP contribution in [0.25, 0.3) is 0 Å². The predicted molar refractivity (Wildman–Crippen MR) is 119 cm³/mol. The van der Waals surface area contributed by atoms with Gasteiger partial charge in [0.15, 0.2) is 0 Å². The van der Waals surface area contributed by atoms with Crippen molar-refractivity contribution in [2.45, 2.75) is 37.6 Å². The molecule has 2 aromatic carbocycles. The Hall–Kier alpha value is -2.25. The van der Waals surface area contributed by atoms with E-state index >= 15 is 0 Å². The first-order valence-electron chi connectivity index (χ1n) is 9.88. The van der Waals surface area contributed by atoms with Crippen LogP contribution in [0.2, 0.25) is 5.02 Å². The van der Waals surface area contributed by atoms with Gasteiger partial charge < -0.3 is 9.64 Å². The number of amides is 1. The van der Waals surface area contributed by atoms with Gasteiger partial charge in [0.25, 0.3) is 15.9 Å². The van der Waals surface area contributed by atoms with Gasteiger partial charge in [0, 0.05) is 19.6 Å². The first-order valence-corrected chi connectivity index (χ1v) is 11.7. The van der Waals surface area contributed by atoms with Gasteiger partial charge in [-0.05, 0) is 61.2 Å². The van der Waals surface area contributed by atoms with E-state index in [2.05, 4.69) is 13.8 Å². The summed E-state index contributed by atoms with van der Waals surface area (Å²) in [7, 11) is -0.852. The molecule has 1 amide bonds. The van der Waals surface area contributed by atoms with Crippen LogP contribution in [-0.4, -0.2) is 46.0 Å². The number of nitrogens with zero attached hydrogens (tertiary/aromatic N) is 2. The van der Waals surface area contributed by atoms with E-state index in [1.165, 1.54) is 29.6 Å². The van der Waals surface area contributed by atoms with E-state index in [1.807, 2.05) is 4.90 Å². The van der Waals surface area contributed by atoms with Crippen molar-refractivity contribution in [3.8, 4) is 5.75 Å². The molecule has 1 saturated carbocycles. The molecule has 0 spiro atoms. The second kappa shape index (κ2) is 8.86. The number of halogens is 1. The number of benzene rings is 2. The van der Waals surface area contributed by atoms with Crippen molar-refractivity contribution in [1.82, 2.24) is 4.90 Å². The first-order chi connectivity index (χ1) is 14.1. The highest BCUT2D eigenvalue weighted by Gasteiger charge is 2.34. The van der Waals surface area contributed by atoms with Crippen molar-refractivity contribution in [3.05, 3.63) is 53.1 Å². The van der Waals surface area contributed by atoms with Crippen LogP contribution >= 0.6 is 11.6 Å². The van der Waals surface area contributed by atoms with Crippen LogP contribution < -0.4 is 9.04 Å². The molecule has 0 atom stereocenters. The second-order valence-electron chi connectivity index (χ2n) is 7.89. The zero-order valence-corrected chi connectivity index (χ0v) is 19.2. The molecule has 0 heterocycles. The monoisotopic (exact) mass is 450 g/mol. The number of hydrogen-bond donors (Lipinski definition) is 0. The quantitative estimate of drug-likeness (QED) is 0.596. The number of sulfonamides is 1. The van der Waals surface area contributed by atoms with Gasteiger partial charge in [0.2, 0.25) is 0 Å². The van der Waals surface area contributed by atoms with Crippen LogP contribution in [0.3, 0.4) is 0 Å². The minimum atomic E-state index is -3.87. The molecule has 0 aromatic heterocycles. The van der Waals surface area contributed by atoms with Crippen molar-refractivity contribution < 1.29 is 17.9 Å². The molecular formula is C22H27ClN2O4S. The molecule has 30 heavy (non-hydrogen) atoms. The summed E-state index contributed by atoms with van der Waals surface area (Å²) in [6, 6.07) is 11.2. The summed E-state index contributed by atoms with van der Waals surface area (Å²) in [5, 5.41) is 0.250. The van der Waals surface area contributed by atoms with Gasteiger partial charge in [-0.3, -0.25) is 9.10 Å². The molecule has 6 nitrogen and oxygen atoms in total. The molecule has 1 aliphatic rings. The van der Waals surface area contributed by atoms with Gasteiger partial charge in [-0.1, -0.05) is 25.4 Å². The van der Waals surface area contributed by atoms with Gasteiger partial charge in [-0.15, -0.1) is 0 Å². The lowest BCUT2D eigenvalue weighted by Gasteiger charge is -2.25. The Morgan fingerprint density at radius 3 is 2.33 bits per heavy atom. The van der Waals surface area contributed by atoms with E-state index in [0.717, 1.165) is 12.8 Å². The summed E-state index contributed by atoms with van der Waals surface area (Å²) in [4.78, 5) is 15.0. The van der Waals surface area contributed by atoms with Gasteiger partial charge in [0.05, 0.1) is 28.3 Å². The van der Waals surface area contributed by atoms with Crippen LogP contribution in [0.15, 0.2) is 47.4 Å². The summed E-state index contributed by atoms with van der Waals surface area (Å²) in [6.45, 7) is 4.71. The van der Waals surface area contributed by atoms with Gasteiger partial charge in [0.1, 0.15) is 5.75 Å². The van der Waals surface area contributed by atoms with E-state index in [-0.39, 0.29) is 27.4 Å². The molecule has 0 saturated heterocycles. The number of rotatable bonds is 8. The van der Waals surface area contributed by atoms with Crippen molar-refractivity contribution in [2.24, 2.45) is 5.92 Å². The summed E-state index contributed by atoms with van der Waals surface area (Å²) in [5.41, 5.74) is 0.700. The molecule has 0 N–H and O–H groups in total. The summed E-state index contributed by atoms with van der Waals surface area (Å²) in [6.07, 6.45) is 1.93. The Morgan fingerprint density at radius 2 is 1.80 bits per heavy atom. The summed E-state index contributed by atoms with van der Waals surface area (Å²) >= 11 is 6.31. The maximum absolute atomic E-state index is 13.2. The topological polar surface area (TPSA) is 66.9 Å². The Morgan fingerprint density at radius 1 is 1.17 bits per heavy atom. The van der Waals surface area contributed by atoms with Crippen molar-refractivity contribution in [1.29, 1.82) is 0 Å². The standard InChI is InChI=1S/C22H27ClN2O4S/c1-15(2)14-25(17-5-6-17)22(26)20-13-19(11-12-21(20)23)30(27,28)24(3)16-7-9-18(29-4)10-8-16/h7-13,15,17H,5-6,14H2,1-4H3. The fraction of sp³-hybridized carbons (Fsp3) is 0.409. The number of methoxy groups -OCH3 is 1. The normalized spacial score (nSPS) is 13.9. The lowest BCUT2D eigenvalue weighted by Crippen LogP contribution is -2.36. The lowest BCUT2D eigenvalue weighted by molar-refractivity contribution is 0.0722. The fourth-order valence-corrected chi connectivity index (χ4v) is 4.67. The molecule has 1 fully saturated rings. The van der Waals surface area contributed by atoms with E-state index < -0.39 is 10.0 Å². The van der Waals surface area contributed by atoms with E-state index in [1.54, 1.807) is 31.4 Å². The molecular weight excluding hydrogens is 424 g/mol. The number of carbonyl (C=O) groups is 1. The number of ether oxygens (including phenoxy) is 1. The molecule has 0 aliphatic heterocycles. The Balaban J connectivity index is 1.93. The highest BCUT2D eigenvalue weighted by atomic mass is 35.5. The Bertz CT molecular complexity index is 1020. The third-order valence-electron chi connectivity index (χ3n) is 5.07. The maximum Gasteiger partial charge on any atom is 0.264 e. The Kier molecular flexibility index (Phi) is 6.62.